The number of nitrogens with one attached hydrogen (secondary N) is 1. The summed E-state index contributed by atoms with van der Waals surface area (Å²) < 4.78 is 5.55. The van der Waals surface area contributed by atoms with E-state index in [-0.39, 0.29) is 5.91 Å². The number of methoxy groups -OCH3 is 1. The molecule has 0 unspecified atom stereocenters. The number of benzene rings is 2. The third-order valence-corrected chi connectivity index (χ3v) is 6.09. The molecule has 30 heavy (non-hydrogen) atoms. The molecule has 160 valence electrons. The molecule has 0 aromatic heterocycles. The van der Waals surface area contributed by atoms with Gasteiger partial charge < -0.3 is 19.9 Å². The van der Waals surface area contributed by atoms with E-state index < -0.39 is 0 Å². The molecular weight excluding hydrogens is 376 g/mol. The first-order valence-electron chi connectivity index (χ1n) is 11.0. The number of rotatable bonds is 7. The van der Waals surface area contributed by atoms with Gasteiger partial charge in [-0.05, 0) is 37.1 Å². The number of para-hydroxylation sites is 2. The molecule has 6 nitrogen and oxygen atoms in total. The van der Waals surface area contributed by atoms with Crippen molar-refractivity contribution in [3.8, 4) is 5.75 Å². The maximum absolute atomic E-state index is 13.0. The van der Waals surface area contributed by atoms with Crippen molar-refractivity contribution >= 4 is 17.3 Å². The Morgan fingerprint density at radius 3 is 2.37 bits per heavy atom. The van der Waals surface area contributed by atoms with Crippen LogP contribution in [0.15, 0.2) is 48.5 Å². The lowest BCUT2D eigenvalue weighted by Gasteiger charge is -2.36. The number of ether oxygens (including phenoxy) is 1. The summed E-state index contributed by atoms with van der Waals surface area (Å²) in [6.07, 6.45) is 2.18. The molecule has 1 N–H and O–H groups in total. The van der Waals surface area contributed by atoms with Crippen molar-refractivity contribution in [3.05, 3.63) is 54.1 Å². The molecule has 0 atom stereocenters. The molecule has 0 saturated carbocycles. The predicted molar refractivity (Wildman–Crippen MR) is 122 cm³/mol. The first-order valence-corrected chi connectivity index (χ1v) is 11.0. The zero-order chi connectivity index (χ0) is 20.8. The van der Waals surface area contributed by atoms with Crippen LogP contribution in [-0.2, 0) is 0 Å². The van der Waals surface area contributed by atoms with Crippen molar-refractivity contribution < 1.29 is 9.53 Å². The minimum atomic E-state index is 0.102. The fourth-order valence-corrected chi connectivity index (χ4v) is 4.36. The minimum Gasteiger partial charge on any atom is -0.495 e. The minimum absolute atomic E-state index is 0.102. The second kappa shape index (κ2) is 9.85. The number of carbonyl (C=O) groups is 1. The molecule has 2 aliphatic heterocycles. The lowest BCUT2D eigenvalue weighted by Crippen LogP contribution is -2.47. The average Bonchev–Trinajstić information content (AvgIpc) is 3.35. The van der Waals surface area contributed by atoms with Crippen LogP contribution in [0.5, 0.6) is 5.75 Å². The van der Waals surface area contributed by atoms with Gasteiger partial charge in [-0.25, -0.2) is 0 Å². The highest BCUT2D eigenvalue weighted by Crippen LogP contribution is 2.30. The molecular formula is C24H32N4O2. The van der Waals surface area contributed by atoms with Crippen LogP contribution in [-0.4, -0.2) is 75.2 Å². The van der Waals surface area contributed by atoms with Crippen molar-refractivity contribution in [2.45, 2.75) is 12.8 Å². The number of hydrogen-bond donors (Lipinski definition) is 1. The summed E-state index contributed by atoms with van der Waals surface area (Å²) in [7, 11) is 1.66. The van der Waals surface area contributed by atoms with Gasteiger partial charge in [0, 0.05) is 58.0 Å². The van der Waals surface area contributed by atoms with Crippen molar-refractivity contribution in [3.63, 3.8) is 0 Å². The first-order chi connectivity index (χ1) is 14.8. The Morgan fingerprint density at radius 2 is 1.67 bits per heavy atom. The zero-order valence-electron chi connectivity index (χ0n) is 17.8. The van der Waals surface area contributed by atoms with Crippen molar-refractivity contribution in [1.29, 1.82) is 0 Å². The molecule has 0 spiro atoms. The van der Waals surface area contributed by atoms with Crippen LogP contribution in [0.2, 0.25) is 0 Å². The molecule has 2 aromatic carbocycles. The molecule has 2 heterocycles. The smallest absolute Gasteiger partial charge is 0.256 e. The van der Waals surface area contributed by atoms with Crippen molar-refractivity contribution in [1.82, 2.24) is 9.80 Å². The zero-order valence-corrected chi connectivity index (χ0v) is 17.8. The van der Waals surface area contributed by atoms with Gasteiger partial charge in [-0.1, -0.05) is 24.3 Å². The van der Waals surface area contributed by atoms with Gasteiger partial charge in [-0.3, -0.25) is 9.69 Å². The molecule has 1 amide bonds. The molecule has 0 bridgehead atoms. The number of carbonyl (C=O) groups excluding carboxylic acids is 1. The molecule has 6 heteroatoms. The summed E-state index contributed by atoms with van der Waals surface area (Å²) >= 11 is 0. The number of amides is 1. The average molecular weight is 409 g/mol. The highest BCUT2D eigenvalue weighted by molar-refractivity contribution is 6.01. The Labute approximate surface area is 179 Å². The second-order valence-electron chi connectivity index (χ2n) is 7.97. The van der Waals surface area contributed by atoms with Gasteiger partial charge in [0.1, 0.15) is 5.75 Å². The van der Waals surface area contributed by atoms with E-state index in [1.54, 1.807) is 7.11 Å². The predicted octanol–water partition coefficient (Wildman–Crippen LogP) is 3.17. The number of anilines is 2. The Balaban J connectivity index is 1.33. The van der Waals surface area contributed by atoms with Gasteiger partial charge in [0.15, 0.2) is 0 Å². The van der Waals surface area contributed by atoms with E-state index in [4.69, 9.17) is 4.74 Å². The van der Waals surface area contributed by atoms with Crippen molar-refractivity contribution in [2.24, 2.45) is 0 Å². The standard InChI is InChI=1S/C24H32N4O2/c1-30-22-11-7-10-21(24(29)28-13-5-6-14-28)23(22)25-12-15-26-16-18-27(19-17-26)20-8-3-2-4-9-20/h2-4,7-11,25H,5-6,12-19H2,1H3. The van der Waals surface area contributed by atoms with Gasteiger partial charge in [0.05, 0.1) is 18.4 Å². The van der Waals surface area contributed by atoms with Crippen LogP contribution in [0.3, 0.4) is 0 Å². The SMILES string of the molecule is COc1cccc(C(=O)N2CCCC2)c1NCCN1CCN(c2ccccc2)CC1. The summed E-state index contributed by atoms with van der Waals surface area (Å²) in [4.78, 5) is 19.9. The third-order valence-electron chi connectivity index (χ3n) is 6.09. The Kier molecular flexibility index (Phi) is 6.74. The van der Waals surface area contributed by atoms with Crippen LogP contribution >= 0.6 is 0 Å². The summed E-state index contributed by atoms with van der Waals surface area (Å²) in [5, 5.41) is 3.50. The summed E-state index contributed by atoms with van der Waals surface area (Å²) in [5.74, 6) is 0.833. The maximum atomic E-state index is 13.0. The summed E-state index contributed by atoms with van der Waals surface area (Å²) in [5.41, 5.74) is 2.83. The second-order valence-corrected chi connectivity index (χ2v) is 7.97. The van der Waals surface area contributed by atoms with Gasteiger partial charge in [-0.15, -0.1) is 0 Å². The van der Waals surface area contributed by atoms with E-state index in [9.17, 15) is 4.79 Å². The lowest BCUT2D eigenvalue weighted by atomic mass is 10.1. The van der Waals surface area contributed by atoms with E-state index in [2.05, 4.69) is 45.4 Å². The van der Waals surface area contributed by atoms with Crippen LogP contribution in [0, 0.1) is 0 Å². The molecule has 0 radical (unpaired) electrons. The van der Waals surface area contributed by atoms with Gasteiger partial charge >= 0.3 is 0 Å². The fourth-order valence-electron chi connectivity index (χ4n) is 4.36. The Hall–Kier alpha value is -2.73. The molecule has 2 saturated heterocycles. The number of hydrogen-bond acceptors (Lipinski definition) is 5. The summed E-state index contributed by atoms with van der Waals surface area (Å²) in [6.45, 7) is 7.59. The Morgan fingerprint density at radius 1 is 0.933 bits per heavy atom. The monoisotopic (exact) mass is 408 g/mol. The molecule has 4 rings (SSSR count). The van der Waals surface area contributed by atoms with E-state index in [1.165, 1.54) is 5.69 Å². The number of piperazine rings is 1. The van der Waals surface area contributed by atoms with Crippen LogP contribution in [0.4, 0.5) is 11.4 Å². The number of nitrogens with zero attached hydrogens (tertiary/aromatic N) is 3. The highest BCUT2D eigenvalue weighted by Gasteiger charge is 2.24. The van der Waals surface area contributed by atoms with Crippen molar-refractivity contribution in [2.75, 3.05) is 69.7 Å². The van der Waals surface area contributed by atoms with Crippen LogP contribution in [0.25, 0.3) is 0 Å². The molecule has 2 aromatic rings. The van der Waals surface area contributed by atoms with Gasteiger partial charge in [0.2, 0.25) is 0 Å². The molecule has 2 fully saturated rings. The Bertz CT molecular complexity index is 828. The molecule has 2 aliphatic rings. The topological polar surface area (TPSA) is 48.1 Å². The van der Waals surface area contributed by atoms with Crippen LogP contribution in [0.1, 0.15) is 23.2 Å². The maximum Gasteiger partial charge on any atom is 0.256 e. The van der Waals surface area contributed by atoms with E-state index in [0.29, 0.717) is 5.56 Å². The lowest BCUT2D eigenvalue weighted by molar-refractivity contribution is 0.0793. The van der Waals surface area contributed by atoms with Gasteiger partial charge in [-0.2, -0.15) is 0 Å². The summed E-state index contributed by atoms with van der Waals surface area (Å²) in [6, 6.07) is 16.3. The number of likely N-dealkylation sites (tertiary alicyclic amines) is 1. The fraction of sp³-hybridized carbons (Fsp3) is 0.458. The van der Waals surface area contributed by atoms with E-state index >= 15 is 0 Å². The first kappa shape index (κ1) is 20.5. The van der Waals surface area contributed by atoms with Crippen LogP contribution < -0.4 is 15.0 Å². The quantitative estimate of drug-likeness (QED) is 0.763. The largest absolute Gasteiger partial charge is 0.495 e. The van der Waals surface area contributed by atoms with E-state index in [1.807, 2.05) is 23.1 Å². The van der Waals surface area contributed by atoms with Gasteiger partial charge in [0.25, 0.3) is 5.91 Å². The normalized spacial score (nSPS) is 17.2. The molecule has 0 aliphatic carbocycles. The van der Waals surface area contributed by atoms with E-state index in [0.717, 1.165) is 76.6 Å². The third kappa shape index (κ3) is 4.70. The highest BCUT2D eigenvalue weighted by atomic mass is 16.5.